The van der Waals surface area contributed by atoms with E-state index >= 15 is 0 Å². The Hall–Kier alpha value is -2.00. The highest BCUT2D eigenvalue weighted by Gasteiger charge is 2.20. The number of hydrogen-bond donors (Lipinski definition) is 1. The van der Waals surface area contributed by atoms with Crippen LogP contribution < -0.4 is 4.31 Å². The zero-order valence-corrected chi connectivity index (χ0v) is 10.5. The van der Waals surface area contributed by atoms with E-state index in [1.165, 1.54) is 4.31 Å². The Labute approximate surface area is 111 Å². The molecule has 3 heteroatoms. The first kappa shape index (κ1) is 11.1. The zero-order valence-electron chi connectivity index (χ0n) is 9.58. The number of carbonyl (C=O) groups excluding carboxylic acids is 1. The van der Waals surface area contributed by atoms with Crippen LogP contribution in [-0.4, -0.2) is 5.91 Å². The van der Waals surface area contributed by atoms with Gasteiger partial charge in [-0.15, -0.1) is 0 Å². The smallest absolute Gasteiger partial charge is 0.268 e. The average Bonchev–Trinajstić information content (AvgIpc) is 2.43. The van der Waals surface area contributed by atoms with Crippen molar-refractivity contribution in [1.82, 2.24) is 0 Å². The van der Waals surface area contributed by atoms with Gasteiger partial charge in [-0.1, -0.05) is 61.4 Å². The minimum atomic E-state index is -0.106. The predicted octanol–water partition coefficient (Wildman–Crippen LogP) is 3.66. The summed E-state index contributed by atoms with van der Waals surface area (Å²) >= 11 is 4.33. The van der Waals surface area contributed by atoms with Gasteiger partial charge >= 0.3 is 0 Å². The molecule has 0 atom stereocenters. The van der Waals surface area contributed by atoms with Crippen LogP contribution >= 0.6 is 12.8 Å². The predicted molar refractivity (Wildman–Crippen MR) is 77.6 cm³/mol. The Kier molecular flexibility index (Phi) is 2.68. The standard InChI is InChI=1S/C15H11NOS/c17-15-13-7-3-1-5-11(13)9-10-12-6-2-4-8-14(12)16(15)18/h1-10,18H/b10-9-. The summed E-state index contributed by atoms with van der Waals surface area (Å²) in [6, 6.07) is 15.2. The summed E-state index contributed by atoms with van der Waals surface area (Å²) in [5.41, 5.74) is 3.36. The van der Waals surface area contributed by atoms with E-state index in [0.717, 1.165) is 16.8 Å². The van der Waals surface area contributed by atoms with Crippen LogP contribution in [0.15, 0.2) is 48.5 Å². The molecule has 2 nitrogen and oxygen atoms in total. The van der Waals surface area contributed by atoms with E-state index in [1.807, 2.05) is 60.7 Å². The Bertz CT molecular complexity index is 648. The summed E-state index contributed by atoms with van der Waals surface area (Å²) in [5.74, 6) is -0.106. The fourth-order valence-corrected chi connectivity index (χ4v) is 2.35. The van der Waals surface area contributed by atoms with E-state index in [9.17, 15) is 4.79 Å². The van der Waals surface area contributed by atoms with Gasteiger partial charge in [-0.2, -0.15) is 0 Å². The largest absolute Gasteiger partial charge is 0.268 e. The van der Waals surface area contributed by atoms with E-state index in [2.05, 4.69) is 12.8 Å². The molecule has 18 heavy (non-hydrogen) atoms. The van der Waals surface area contributed by atoms with Crippen molar-refractivity contribution in [3.05, 3.63) is 65.2 Å². The number of hydrogen-bond acceptors (Lipinski definition) is 2. The van der Waals surface area contributed by atoms with Crippen LogP contribution in [-0.2, 0) is 0 Å². The van der Waals surface area contributed by atoms with Crippen LogP contribution in [0.2, 0.25) is 0 Å². The lowest BCUT2D eigenvalue weighted by molar-refractivity contribution is 0.101. The van der Waals surface area contributed by atoms with E-state index < -0.39 is 0 Å². The van der Waals surface area contributed by atoms with Gasteiger partial charge in [0.2, 0.25) is 0 Å². The molecule has 0 radical (unpaired) electrons. The van der Waals surface area contributed by atoms with Crippen LogP contribution in [0, 0.1) is 0 Å². The molecule has 0 bridgehead atoms. The van der Waals surface area contributed by atoms with Crippen molar-refractivity contribution in [1.29, 1.82) is 0 Å². The molecule has 1 heterocycles. The summed E-state index contributed by atoms with van der Waals surface area (Å²) in [5, 5.41) is 0. The maximum Gasteiger partial charge on any atom is 0.268 e. The van der Waals surface area contributed by atoms with E-state index in [0.29, 0.717) is 5.56 Å². The number of thiol groups is 1. The monoisotopic (exact) mass is 253 g/mol. The highest BCUT2D eigenvalue weighted by atomic mass is 32.1. The van der Waals surface area contributed by atoms with Gasteiger partial charge in [0.05, 0.1) is 5.69 Å². The van der Waals surface area contributed by atoms with Crippen LogP contribution in [0.3, 0.4) is 0 Å². The lowest BCUT2D eigenvalue weighted by atomic mass is 10.0. The fraction of sp³-hybridized carbons (Fsp3) is 0. The third-order valence-electron chi connectivity index (χ3n) is 2.99. The number of carbonyl (C=O) groups is 1. The van der Waals surface area contributed by atoms with Gasteiger partial charge in [0.15, 0.2) is 0 Å². The van der Waals surface area contributed by atoms with E-state index in [4.69, 9.17) is 0 Å². The molecule has 2 aromatic rings. The number of fused-ring (bicyclic) bond motifs is 2. The second kappa shape index (κ2) is 4.35. The molecule has 0 saturated heterocycles. The molecule has 0 spiro atoms. The van der Waals surface area contributed by atoms with Crippen molar-refractivity contribution in [3.63, 3.8) is 0 Å². The quantitative estimate of drug-likeness (QED) is 0.710. The summed E-state index contributed by atoms with van der Waals surface area (Å²) in [7, 11) is 0. The first-order chi connectivity index (χ1) is 8.77. The number of nitrogens with zero attached hydrogens (tertiary/aromatic N) is 1. The van der Waals surface area contributed by atoms with Crippen molar-refractivity contribution < 1.29 is 4.79 Å². The van der Waals surface area contributed by atoms with Crippen molar-refractivity contribution in [2.75, 3.05) is 4.31 Å². The van der Waals surface area contributed by atoms with Gasteiger partial charge < -0.3 is 0 Å². The molecule has 1 amide bonds. The van der Waals surface area contributed by atoms with Crippen LogP contribution in [0.25, 0.3) is 12.2 Å². The molecule has 0 fully saturated rings. The van der Waals surface area contributed by atoms with Crippen LogP contribution in [0.4, 0.5) is 5.69 Å². The van der Waals surface area contributed by atoms with Crippen LogP contribution in [0.1, 0.15) is 21.5 Å². The lowest BCUT2D eigenvalue weighted by Crippen LogP contribution is -2.23. The Morgan fingerprint density at radius 1 is 0.833 bits per heavy atom. The number of benzene rings is 2. The number of rotatable bonds is 0. The van der Waals surface area contributed by atoms with Crippen molar-refractivity contribution in [2.24, 2.45) is 0 Å². The maximum absolute atomic E-state index is 12.4. The highest BCUT2D eigenvalue weighted by Crippen LogP contribution is 2.29. The number of anilines is 1. The molecule has 0 aromatic heterocycles. The van der Waals surface area contributed by atoms with Gasteiger partial charge in [0.1, 0.15) is 0 Å². The van der Waals surface area contributed by atoms with Crippen molar-refractivity contribution >= 4 is 36.6 Å². The molecule has 0 aliphatic carbocycles. The van der Waals surface area contributed by atoms with Crippen LogP contribution in [0.5, 0.6) is 0 Å². The SMILES string of the molecule is O=C1c2ccccc2/C=C\c2ccccc2N1S. The Morgan fingerprint density at radius 3 is 2.28 bits per heavy atom. The summed E-state index contributed by atoms with van der Waals surface area (Å²) in [4.78, 5) is 12.4. The molecular weight excluding hydrogens is 242 g/mol. The fourth-order valence-electron chi connectivity index (χ4n) is 2.06. The first-order valence-electron chi connectivity index (χ1n) is 5.67. The molecular formula is C15H11NOS. The third kappa shape index (κ3) is 1.73. The topological polar surface area (TPSA) is 20.3 Å². The second-order valence-corrected chi connectivity index (χ2v) is 4.50. The molecule has 0 N–H and O–H groups in total. The molecule has 0 saturated carbocycles. The van der Waals surface area contributed by atoms with E-state index in [1.54, 1.807) is 0 Å². The van der Waals surface area contributed by atoms with Gasteiger partial charge in [-0.3, -0.25) is 9.10 Å². The summed E-state index contributed by atoms with van der Waals surface area (Å²) in [6.45, 7) is 0. The minimum Gasteiger partial charge on any atom is -0.268 e. The molecule has 1 aliphatic heterocycles. The van der Waals surface area contributed by atoms with E-state index in [-0.39, 0.29) is 5.91 Å². The molecule has 3 rings (SSSR count). The molecule has 1 aliphatic rings. The van der Waals surface area contributed by atoms with Gasteiger partial charge in [0.25, 0.3) is 5.91 Å². The summed E-state index contributed by atoms with van der Waals surface area (Å²) in [6.07, 6.45) is 3.97. The zero-order chi connectivity index (χ0) is 12.5. The summed E-state index contributed by atoms with van der Waals surface area (Å²) < 4.78 is 1.40. The first-order valence-corrected chi connectivity index (χ1v) is 6.07. The van der Waals surface area contributed by atoms with Gasteiger partial charge in [-0.05, 0) is 23.3 Å². The average molecular weight is 253 g/mol. The van der Waals surface area contributed by atoms with Gasteiger partial charge in [-0.25, -0.2) is 0 Å². The Balaban J connectivity index is 2.25. The Morgan fingerprint density at radius 2 is 1.44 bits per heavy atom. The van der Waals surface area contributed by atoms with Crippen molar-refractivity contribution in [3.8, 4) is 0 Å². The van der Waals surface area contributed by atoms with Crippen molar-refractivity contribution in [2.45, 2.75) is 0 Å². The maximum atomic E-state index is 12.4. The minimum absolute atomic E-state index is 0.106. The third-order valence-corrected chi connectivity index (χ3v) is 3.39. The van der Waals surface area contributed by atoms with Gasteiger partial charge in [0, 0.05) is 5.56 Å². The molecule has 2 aromatic carbocycles. The number of amides is 1. The normalized spacial score (nSPS) is 15.4. The molecule has 0 unspecified atom stereocenters. The highest BCUT2D eigenvalue weighted by molar-refractivity contribution is 7.82. The molecule has 88 valence electrons. The number of para-hydroxylation sites is 1. The lowest BCUT2D eigenvalue weighted by Gasteiger charge is -2.21. The second-order valence-electron chi connectivity index (χ2n) is 4.10.